The lowest BCUT2D eigenvalue weighted by molar-refractivity contribution is 0.104. The SMILES string of the molecule is COc1cccc(C=CC(=O)c2ccc3cc(OC)ccc3c2)c1. The highest BCUT2D eigenvalue weighted by Gasteiger charge is 2.04. The van der Waals surface area contributed by atoms with Crippen LogP contribution in [0.2, 0.25) is 0 Å². The number of hydrogen-bond acceptors (Lipinski definition) is 3. The van der Waals surface area contributed by atoms with E-state index in [0.717, 1.165) is 27.8 Å². The Morgan fingerprint density at radius 2 is 1.54 bits per heavy atom. The molecule has 0 saturated carbocycles. The van der Waals surface area contributed by atoms with Crippen molar-refractivity contribution in [3.63, 3.8) is 0 Å². The lowest BCUT2D eigenvalue weighted by Gasteiger charge is -2.04. The lowest BCUT2D eigenvalue weighted by atomic mass is 10.0. The van der Waals surface area contributed by atoms with Crippen LogP contribution in [0.4, 0.5) is 0 Å². The zero-order valence-corrected chi connectivity index (χ0v) is 13.7. The van der Waals surface area contributed by atoms with E-state index in [4.69, 9.17) is 9.47 Å². The van der Waals surface area contributed by atoms with Crippen LogP contribution in [0.1, 0.15) is 15.9 Å². The van der Waals surface area contributed by atoms with Crippen molar-refractivity contribution in [3.05, 3.63) is 77.9 Å². The second-order valence-electron chi connectivity index (χ2n) is 5.40. The molecular formula is C21H18O3. The molecule has 0 N–H and O–H groups in total. The molecule has 0 aromatic heterocycles. The molecule has 0 atom stereocenters. The van der Waals surface area contributed by atoms with Gasteiger partial charge in [-0.3, -0.25) is 4.79 Å². The molecule has 0 heterocycles. The second kappa shape index (κ2) is 7.01. The van der Waals surface area contributed by atoms with Crippen molar-refractivity contribution < 1.29 is 14.3 Å². The van der Waals surface area contributed by atoms with E-state index in [1.165, 1.54) is 0 Å². The Morgan fingerprint density at radius 1 is 0.833 bits per heavy atom. The standard InChI is InChI=1S/C21H18O3/c1-23-19-5-3-4-15(12-19)6-11-21(22)18-8-7-17-14-20(24-2)10-9-16(17)13-18/h3-14H,1-2H3. The molecule has 0 aliphatic carbocycles. The minimum absolute atomic E-state index is 0.0319. The van der Waals surface area contributed by atoms with Crippen LogP contribution >= 0.6 is 0 Å². The van der Waals surface area contributed by atoms with E-state index in [-0.39, 0.29) is 5.78 Å². The molecule has 0 bridgehead atoms. The van der Waals surface area contributed by atoms with Crippen LogP contribution in [0, 0.1) is 0 Å². The minimum Gasteiger partial charge on any atom is -0.497 e. The molecule has 3 rings (SSSR count). The molecule has 120 valence electrons. The maximum atomic E-state index is 12.4. The number of ketones is 1. The Morgan fingerprint density at radius 3 is 2.33 bits per heavy atom. The molecule has 0 saturated heterocycles. The summed E-state index contributed by atoms with van der Waals surface area (Å²) in [6.45, 7) is 0. The molecule has 0 aliphatic rings. The number of fused-ring (bicyclic) bond motifs is 1. The monoisotopic (exact) mass is 318 g/mol. The highest BCUT2D eigenvalue weighted by atomic mass is 16.5. The summed E-state index contributed by atoms with van der Waals surface area (Å²) < 4.78 is 10.4. The van der Waals surface area contributed by atoms with Gasteiger partial charge in [-0.15, -0.1) is 0 Å². The normalized spacial score (nSPS) is 10.9. The van der Waals surface area contributed by atoms with Gasteiger partial charge in [-0.2, -0.15) is 0 Å². The van der Waals surface area contributed by atoms with Crippen molar-refractivity contribution in [3.8, 4) is 11.5 Å². The number of rotatable bonds is 5. The van der Waals surface area contributed by atoms with Gasteiger partial charge in [0.05, 0.1) is 14.2 Å². The van der Waals surface area contributed by atoms with Gasteiger partial charge < -0.3 is 9.47 Å². The minimum atomic E-state index is -0.0319. The Labute approximate surface area is 141 Å². The van der Waals surface area contributed by atoms with Crippen molar-refractivity contribution >= 4 is 22.6 Å². The van der Waals surface area contributed by atoms with Crippen LogP contribution in [0.25, 0.3) is 16.8 Å². The number of ether oxygens (including phenoxy) is 2. The van der Waals surface area contributed by atoms with Crippen LogP contribution in [0.3, 0.4) is 0 Å². The molecule has 0 fully saturated rings. The van der Waals surface area contributed by atoms with Crippen molar-refractivity contribution in [1.29, 1.82) is 0 Å². The third-order valence-electron chi connectivity index (χ3n) is 3.85. The average Bonchev–Trinajstić information content (AvgIpc) is 2.65. The number of hydrogen-bond donors (Lipinski definition) is 0. The number of allylic oxidation sites excluding steroid dienone is 1. The van der Waals surface area contributed by atoms with Crippen LogP contribution in [0.15, 0.2) is 66.7 Å². The summed E-state index contributed by atoms with van der Waals surface area (Å²) in [5, 5.41) is 2.05. The smallest absolute Gasteiger partial charge is 0.185 e. The Bertz CT molecular complexity index is 910. The molecule has 0 aliphatic heterocycles. The first kappa shape index (κ1) is 15.8. The molecule has 3 aromatic rings. The van der Waals surface area contributed by atoms with Crippen molar-refractivity contribution in [2.45, 2.75) is 0 Å². The van der Waals surface area contributed by atoms with Gasteiger partial charge in [-0.05, 0) is 52.7 Å². The summed E-state index contributed by atoms with van der Waals surface area (Å²) >= 11 is 0. The van der Waals surface area contributed by atoms with E-state index >= 15 is 0 Å². The average molecular weight is 318 g/mol. The fourth-order valence-electron chi connectivity index (χ4n) is 2.52. The quantitative estimate of drug-likeness (QED) is 0.503. The summed E-state index contributed by atoms with van der Waals surface area (Å²) in [6.07, 6.45) is 3.38. The predicted molar refractivity (Wildman–Crippen MR) is 96.9 cm³/mol. The molecule has 0 spiro atoms. The third kappa shape index (κ3) is 3.46. The number of benzene rings is 3. The Hall–Kier alpha value is -3.07. The van der Waals surface area contributed by atoms with Gasteiger partial charge in [0.15, 0.2) is 5.78 Å². The van der Waals surface area contributed by atoms with E-state index < -0.39 is 0 Å². The van der Waals surface area contributed by atoms with E-state index in [1.807, 2.05) is 60.7 Å². The molecule has 3 aromatic carbocycles. The van der Waals surface area contributed by atoms with Crippen molar-refractivity contribution in [1.82, 2.24) is 0 Å². The Kier molecular flexibility index (Phi) is 4.62. The topological polar surface area (TPSA) is 35.5 Å². The zero-order valence-electron chi connectivity index (χ0n) is 13.7. The number of carbonyl (C=O) groups excluding carboxylic acids is 1. The van der Waals surface area contributed by atoms with Gasteiger partial charge in [0.1, 0.15) is 11.5 Å². The molecule has 24 heavy (non-hydrogen) atoms. The lowest BCUT2D eigenvalue weighted by Crippen LogP contribution is -1.94. The van der Waals surface area contributed by atoms with Crippen molar-refractivity contribution in [2.75, 3.05) is 14.2 Å². The second-order valence-corrected chi connectivity index (χ2v) is 5.40. The summed E-state index contributed by atoms with van der Waals surface area (Å²) in [5.74, 6) is 1.54. The maximum Gasteiger partial charge on any atom is 0.185 e. The molecule has 3 nitrogen and oxygen atoms in total. The predicted octanol–water partition coefficient (Wildman–Crippen LogP) is 4.75. The van der Waals surface area contributed by atoms with E-state index in [1.54, 1.807) is 26.4 Å². The number of carbonyl (C=O) groups is 1. The first-order chi connectivity index (χ1) is 11.7. The molecule has 0 unspecified atom stereocenters. The number of methoxy groups -OCH3 is 2. The largest absolute Gasteiger partial charge is 0.497 e. The van der Waals surface area contributed by atoms with Crippen LogP contribution in [-0.2, 0) is 0 Å². The molecule has 3 heteroatoms. The summed E-state index contributed by atoms with van der Waals surface area (Å²) in [4.78, 5) is 12.4. The first-order valence-corrected chi connectivity index (χ1v) is 7.64. The van der Waals surface area contributed by atoms with Crippen molar-refractivity contribution in [2.24, 2.45) is 0 Å². The summed E-state index contributed by atoms with van der Waals surface area (Å²) in [7, 11) is 3.26. The van der Waals surface area contributed by atoms with Gasteiger partial charge in [-0.1, -0.05) is 36.4 Å². The van der Waals surface area contributed by atoms with Crippen LogP contribution < -0.4 is 9.47 Å². The highest BCUT2D eigenvalue weighted by molar-refractivity contribution is 6.08. The van der Waals surface area contributed by atoms with Crippen LogP contribution in [-0.4, -0.2) is 20.0 Å². The maximum absolute atomic E-state index is 12.4. The van der Waals surface area contributed by atoms with Gasteiger partial charge in [0.25, 0.3) is 0 Å². The fraction of sp³-hybridized carbons (Fsp3) is 0.0952. The van der Waals surface area contributed by atoms with E-state index in [2.05, 4.69) is 0 Å². The molecule has 0 radical (unpaired) electrons. The first-order valence-electron chi connectivity index (χ1n) is 7.64. The van der Waals surface area contributed by atoms with Gasteiger partial charge in [0, 0.05) is 5.56 Å². The molecule has 0 amide bonds. The summed E-state index contributed by atoms with van der Waals surface area (Å²) in [5.41, 5.74) is 1.58. The molecular weight excluding hydrogens is 300 g/mol. The highest BCUT2D eigenvalue weighted by Crippen LogP contribution is 2.22. The van der Waals surface area contributed by atoms with Gasteiger partial charge in [-0.25, -0.2) is 0 Å². The third-order valence-corrected chi connectivity index (χ3v) is 3.85. The summed E-state index contributed by atoms with van der Waals surface area (Å²) in [6, 6.07) is 19.0. The zero-order chi connectivity index (χ0) is 16.9. The fourth-order valence-corrected chi connectivity index (χ4v) is 2.52. The van der Waals surface area contributed by atoms with E-state index in [0.29, 0.717) is 5.56 Å². The Balaban J connectivity index is 1.84. The van der Waals surface area contributed by atoms with Gasteiger partial charge >= 0.3 is 0 Å². The van der Waals surface area contributed by atoms with E-state index in [9.17, 15) is 4.79 Å². The van der Waals surface area contributed by atoms with Crippen LogP contribution in [0.5, 0.6) is 11.5 Å². The van der Waals surface area contributed by atoms with Gasteiger partial charge in [0.2, 0.25) is 0 Å².